The zero-order valence-electron chi connectivity index (χ0n) is 18.2. The number of aromatic nitrogens is 1. The van der Waals surface area contributed by atoms with Crippen molar-refractivity contribution in [2.24, 2.45) is 5.92 Å². The van der Waals surface area contributed by atoms with E-state index < -0.39 is 0 Å². The van der Waals surface area contributed by atoms with E-state index >= 15 is 0 Å². The topological polar surface area (TPSA) is 16.1 Å². The molecule has 3 heteroatoms. The summed E-state index contributed by atoms with van der Waals surface area (Å²) in [6.07, 6.45) is 11.0. The largest absolute Gasteiger partial charge is 0.303 e. The lowest BCUT2D eigenvalue weighted by molar-refractivity contribution is 0.146. The summed E-state index contributed by atoms with van der Waals surface area (Å²) in [6.45, 7) is 7.84. The van der Waals surface area contributed by atoms with Gasteiger partial charge in [-0.3, -0.25) is 4.98 Å². The molecule has 2 heterocycles. The Morgan fingerprint density at radius 2 is 1.79 bits per heavy atom. The van der Waals surface area contributed by atoms with E-state index in [9.17, 15) is 4.39 Å². The summed E-state index contributed by atoms with van der Waals surface area (Å²) < 4.78 is 13.4. The van der Waals surface area contributed by atoms with Gasteiger partial charge in [-0.25, -0.2) is 4.39 Å². The van der Waals surface area contributed by atoms with Crippen molar-refractivity contribution >= 4 is 11.1 Å². The van der Waals surface area contributed by atoms with Crippen molar-refractivity contribution in [3.05, 3.63) is 77.4 Å². The number of hydrogen-bond acceptors (Lipinski definition) is 2. The van der Waals surface area contributed by atoms with Crippen LogP contribution in [0.1, 0.15) is 57.6 Å². The van der Waals surface area contributed by atoms with Gasteiger partial charge in [-0.2, -0.15) is 0 Å². The predicted molar refractivity (Wildman–Crippen MR) is 121 cm³/mol. The third kappa shape index (κ3) is 5.42. The van der Waals surface area contributed by atoms with Crippen LogP contribution in [0.2, 0.25) is 0 Å². The van der Waals surface area contributed by atoms with Gasteiger partial charge >= 0.3 is 0 Å². The molecule has 0 bridgehead atoms. The number of pyridine rings is 1. The van der Waals surface area contributed by atoms with Gasteiger partial charge in [0.05, 0.1) is 0 Å². The van der Waals surface area contributed by atoms with Gasteiger partial charge in [0.2, 0.25) is 0 Å². The van der Waals surface area contributed by atoms with E-state index in [1.807, 2.05) is 24.5 Å². The average molecular weight is 393 g/mol. The predicted octanol–water partition coefficient (Wildman–Crippen LogP) is 6.61. The Balaban J connectivity index is 1.96. The highest BCUT2D eigenvalue weighted by Gasteiger charge is 2.26. The molecule has 2 atom stereocenters. The third-order valence-corrected chi connectivity index (χ3v) is 6.32. The van der Waals surface area contributed by atoms with Crippen molar-refractivity contribution in [1.29, 1.82) is 0 Å². The standard InChI is InChI=1S/C26H33FN2/c1-5-6-25-18-23(13-16-29(25)4)19(2)17-26(22-11-14-28-15-12-22)20(3)21-7-9-24(27)10-8-21/h7-12,14-15,17,23,25H,5-6,13,16,18H2,1-4H3/b19-17+,26-20-. The van der Waals surface area contributed by atoms with Gasteiger partial charge in [-0.05, 0) is 99.2 Å². The molecule has 1 aromatic heterocycles. The van der Waals surface area contributed by atoms with E-state index in [1.165, 1.54) is 49.0 Å². The Bertz CT molecular complexity index is 852. The second-order valence-electron chi connectivity index (χ2n) is 8.31. The summed E-state index contributed by atoms with van der Waals surface area (Å²) >= 11 is 0. The fraction of sp³-hybridized carbons (Fsp3) is 0.423. The summed E-state index contributed by atoms with van der Waals surface area (Å²) in [5.41, 5.74) is 6.00. The van der Waals surface area contributed by atoms with Gasteiger partial charge in [0.1, 0.15) is 5.82 Å². The zero-order chi connectivity index (χ0) is 20.8. The van der Waals surface area contributed by atoms with E-state index in [-0.39, 0.29) is 5.82 Å². The number of rotatable bonds is 6. The molecule has 1 saturated heterocycles. The Kier molecular flexibility index (Phi) is 7.38. The second-order valence-corrected chi connectivity index (χ2v) is 8.31. The normalized spacial score (nSPS) is 21.8. The maximum absolute atomic E-state index is 13.4. The molecule has 1 aromatic carbocycles. The van der Waals surface area contributed by atoms with Gasteiger partial charge in [0, 0.05) is 18.4 Å². The molecule has 0 saturated carbocycles. The monoisotopic (exact) mass is 392 g/mol. The van der Waals surface area contributed by atoms with Gasteiger partial charge in [-0.1, -0.05) is 37.1 Å². The molecular formula is C26H33FN2. The molecule has 0 amide bonds. The molecule has 1 aliphatic rings. The van der Waals surface area contributed by atoms with Crippen LogP contribution in [0, 0.1) is 11.7 Å². The molecule has 2 unspecified atom stereocenters. The number of benzene rings is 1. The average Bonchev–Trinajstić information content (AvgIpc) is 2.74. The first-order valence-corrected chi connectivity index (χ1v) is 10.7. The number of hydrogen-bond donors (Lipinski definition) is 0. The van der Waals surface area contributed by atoms with Crippen molar-refractivity contribution in [3.8, 4) is 0 Å². The SMILES string of the molecule is CCCC1CC(/C(C)=C/C(=C(\C)c2ccc(F)cc2)c2ccncc2)CCN1C. The van der Waals surface area contributed by atoms with Gasteiger partial charge in [0.25, 0.3) is 0 Å². The van der Waals surface area contributed by atoms with Crippen molar-refractivity contribution < 1.29 is 4.39 Å². The Morgan fingerprint density at radius 3 is 2.45 bits per heavy atom. The summed E-state index contributed by atoms with van der Waals surface area (Å²) in [7, 11) is 2.26. The molecule has 0 spiro atoms. The first-order valence-electron chi connectivity index (χ1n) is 10.7. The Labute approximate surface area is 175 Å². The first-order chi connectivity index (χ1) is 14.0. The highest BCUT2D eigenvalue weighted by Crippen LogP contribution is 2.34. The summed E-state index contributed by atoms with van der Waals surface area (Å²) in [5.74, 6) is 0.410. The van der Waals surface area contributed by atoms with Crippen LogP contribution in [-0.2, 0) is 0 Å². The smallest absolute Gasteiger partial charge is 0.123 e. The van der Waals surface area contributed by atoms with Crippen LogP contribution in [0.5, 0.6) is 0 Å². The van der Waals surface area contributed by atoms with E-state index in [0.29, 0.717) is 12.0 Å². The van der Waals surface area contributed by atoms with Gasteiger partial charge < -0.3 is 4.90 Å². The van der Waals surface area contributed by atoms with E-state index in [0.717, 1.165) is 23.2 Å². The summed E-state index contributed by atoms with van der Waals surface area (Å²) in [6, 6.07) is 11.6. The lowest BCUT2D eigenvalue weighted by Crippen LogP contribution is -2.39. The van der Waals surface area contributed by atoms with Gasteiger partial charge in [0.15, 0.2) is 0 Å². The van der Waals surface area contributed by atoms with Crippen molar-refractivity contribution in [2.45, 2.75) is 52.5 Å². The fourth-order valence-corrected chi connectivity index (χ4v) is 4.39. The molecule has 2 nitrogen and oxygen atoms in total. The van der Waals surface area contributed by atoms with Crippen LogP contribution >= 0.6 is 0 Å². The minimum absolute atomic E-state index is 0.202. The number of nitrogens with zero attached hydrogens (tertiary/aromatic N) is 2. The fourth-order valence-electron chi connectivity index (χ4n) is 4.39. The lowest BCUT2D eigenvalue weighted by atomic mass is 9.82. The molecule has 0 radical (unpaired) electrons. The maximum Gasteiger partial charge on any atom is 0.123 e. The highest BCUT2D eigenvalue weighted by molar-refractivity contribution is 5.94. The van der Waals surface area contributed by atoms with E-state index in [2.05, 4.69) is 55.9 Å². The van der Waals surface area contributed by atoms with Crippen LogP contribution in [0.3, 0.4) is 0 Å². The molecule has 0 aliphatic carbocycles. The summed E-state index contributed by atoms with van der Waals surface area (Å²) in [4.78, 5) is 6.71. The van der Waals surface area contributed by atoms with Crippen LogP contribution in [-0.4, -0.2) is 29.5 Å². The van der Waals surface area contributed by atoms with Crippen LogP contribution < -0.4 is 0 Å². The second kappa shape index (κ2) is 9.98. The van der Waals surface area contributed by atoms with Crippen LogP contribution in [0.25, 0.3) is 11.1 Å². The molecular weight excluding hydrogens is 359 g/mol. The Hall–Kier alpha value is -2.26. The maximum atomic E-state index is 13.4. The summed E-state index contributed by atoms with van der Waals surface area (Å²) in [5, 5.41) is 0. The Morgan fingerprint density at radius 1 is 1.10 bits per heavy atom. The quantitative estimate of drug-likeness (QED) is 0.514. The van der Waals surface area contributed by atoms with E-state index in [4.69, 9.17) is 0 Å². The third-order valence-electron chi connectivity index (χ3n) is 6.32. The molecule has 154 valence electrons. The highest BCUT2D eigenvalue weighted by atomic mass is 19.1. The molecule has 1 aliphatic heterocycles. The molecule has 1 fully saturated rings. The van der Waals surface area contributed by atoms with Crippen LogP contribution in [0.15, 0.2) is 60.4 Å². The number of piperidine rings is 1. The lowest BCUT2D eigenvalue weighted by Gasteiger charge is -2.37. The van der Waals surface area contributed by atoms with Crippen molar-refractivity contribution in [3.63, 3.8) is 0 Å². The minimum Gasteiger partial charge on any atom is -0.303 e. The van der Waals surface area contributed by atoms with Gasteiger partial charge in [-0.15, -0.1) is 0 Å². The molecule has 29 heavy (non-hydrogen) atoms. The van der Waals surface area contributed by atoms with Crippen molar-refractivity contribution in [2.75, 3.05) is 13.6 Å². The van der Waals surface area contributed by atoms with Crippen LogP contribution in [0.4, 0.5) is 4.39 Å². The molecule has 3 rings (SSSR count). The number of allylic oxidation sites excluding steroid dienone is 4. The van der Waals surface area contributed by atoms with E-state index in [1.54, 1.807) is 0 Å². The zero-order valence-corrected chi connectivity index (χ0v) is 18.2. The number of halogens is 1. The van der Waals surface area contributed by atoms with Crippen molar-refractivity contribution in [1.82, 2.24) is 9.88 Å². The minimum atomic E-state index is -0.202. The molecule has 2 aromatic rings. The number of likely N-dealkylation sites (tertiary alicyclic amines) is 1. The first kappa shape index (κ1) is 21.4. The molecule has 0 N–H and O–H groups in total.